The van der Waals surface area contributed by atoms with Crippen LogP contribution in [0.2, 0.25) is 0 Å². The molecule has 0 heterocycles. The van der Waals surface area contributed by atoms with E-state index in [4.69, 9.17) is 0 Å². The van der Waals surface area contributed by atoms with Gasteiger partial charge in [0.25, 0.3) is 0 Å². The van der Waals surface area contributed by atoms with Gasteiger partial charge in [-0.3, -0.25) is 0 Å². The number of nitrogens with zero attached hydrogens (tertiary/aromatic N) is 1. The molecular weight excluding hydrogens is 170 g/mol. The van der Waals surface area contributed by atoms with Crippen molar-refractivity contribution in [3.8, 4) is 0 Å². The van der Waals surface area contributed by atoms with Gasteiger partial charge >= 0.3 is 0 Å². The minimum absolute atomic E-state index is 0.664. The molecule has 0 aliphatic heterocycles. The highest BCUT2D eigenvalue weighted by molar-refractivity contribution is 5.03. The second-order valence-corrected chi connectivity index (χ2v) is 6.05. The van der Waals surface area contributed by atoms with Gasteiger partial charge in [0.05, 0.1) is 0 Å². The minimum atomic E-state index is 0.664. The van der Waals surface area contributed by atoms with Crippen LogP contribution in [0.15, 0.2) is 0 Å². The van der Waals surface area contributed by atoms with Gasteiger partial charge in [0.15, 0.2) is 0 Å². The van der Waals surface area contributed by atoms with Crippen LogP contribution in [0, 0.1) is 23.2 Å². The molecule has 0 aromatic carbocycles. The van der Waals surface area contributed by atoms with Crippen LogP contribution in [0.4, 0.5) is 0 Å². The Bertz CT molecular complexity index is 207. The molecule has 3 saturated carbocycles. The number of fused-ring (bicyclic) bond motifs is 2. The van der Waals surface area contributed by atoms with Gasteiger partial charge in [0, 0.05) is 6.54 Å². The van der Waals surface area contributed by atoms with Crippen molar-refractivity contribution < 1.29 is 0 Å². The molecular formula is C13H25N. The first-order valence-corrected chi connectivity index (χ1v) is 6.24. The normalized spacial score (nSPS) is 39.6. The molecule has 1 unspecified atom stereocenters. The van der Waals surface area contributed by atoms with Crippen LogP contribution >= 0.6 is 0 Å². The van der Waals surface area contributed by atoms with Crippen LogP contribution < -0.4 is 0 Å². The Kier molecular flexibility index (Phi) is 2.63. The smallest absolute Gasteiger partial charge is 0.000935 e. The average Bonchev–Trinajstić information content (AvgIpc) is 2.17. The van der Waals surface area contributed by atoms with E-state index in [0.717, 1.165) is 17.8 Å². The second-order valence-electron chi connectivity index (χ2n) is 6.05. The van der Waals surface area contributed by atoms with Gasteiger partial charge < -0.3 is 4.90 Å². The van der Waals surface area contributed by atoms with E-state index in [1.54, 1.807) is 0 Å². The lowest BCUT2D eigenvalue weighted by Gasteiger charge is -2.60. The highest BCUT2D eigenvalue weighted by atomic mass is 15.1. The van der Waals surface area contributed by atoms with E-state index in [0.29, 0.717) is 5.41 Å². The first-order chi connectivity index (χ1) is 6.55. The van der Waals surface area contributed by atoms with Crippen LogP contribution in [0.25, 0.3) is 0 Å². The Morgan fingerprint density at radius 2 is 2.00 bits per heavy atom. The Morgan fingerprint density at radius 1 is 1.29 bits per heavy atom. The van der Waals surface area contributed by atoms with Gasteiger partial charge in [-0.2, -0.15) is 0 Å². The van der Waals surface area contributed by atoms with Crippen molar-refractivity contribution >= 4 is 0 Å². The number of hydrogen-bond donors (Lipinski definition) is 0. The quantitative estimate of drug-likeness (QED) is 0.669. The summed E-state index contributed by atoms with van der Waals surface area (Å²) in [5, 5.41) is 0. The van der Waals surface area contributed by atoms with E-state index >= 15 is 0 Å². The van der Waals surface area contributed by atoms with Gasteiger partial charge in [-0.15, -0.1) is 0 Å². The van der Waals surface area contributed by atoms with Gasteiger partial charge in [0.2, 0.25) is 0 Å². The molecule has 0 N–H and O–H groups in total. The first-order valence-electron chi connectivity index (χ1n) is 6.24. The van der Waals surface area contributed by atoms with Crippen LogP contribution in [-0.2, 0) is 0 Å². The third-order valence-corrected chi connectivity index (χ3v) is 5.09. The highest BCUT2D eigenvalue weighted by Crippen LogP contribution is 2.61. The maximum absolute atomic E-state index is 2.49. The van der Waals surface area contributed by atoms with E-state index in [9.17, 15) is 0 Å². The predicted molar refractivity (Wildman–Crippen MR) is 61.3 cm³/mol. The van der Waals surface area contributed by atoms with Crippen molar-refractivity contribution in [3.63, 3.8) is 0 Å². The van der Waals surface area contributed by atoms with E-state index in [2.05, 4.69) is 32.7 Å². The van der Waals surface area contributed by atoms with Crippen molar-refractivity contribution in [1.82, 2.24) is 4.90 Å². The number of rotatable bonds is 3. The molecule has 14 heavy (non-hydrogen) atoms. The fourth-order valence-electron chi connectivity index (χ4n) is 3.71. The fourth-order valence-corrected chi connectivity index (χ4v) is 3.71. The van der Waals surface area contributed by atoms with Crippen molar-refractivity contribution in [2.45, 2.75) is 40.0 Å². The molecule has 1 nitrogen and oxygen atoms in total. The summed E-state index contributed by atoms with van der Waals surface area (Å²) in [5.74, 6) is 3.06. The summed E-state index contributed by atoms with van der Waals surface area (Å²) in [6, 6.07) is 0. The zero-order valence-corrected chi connectivity index (χ0v) is 10.2. The molecule has 0 amide bonds. The van der Waals surface area contributed by atoms with Crippen LogP contribution in [0.1, 0.15) is 40.0 Å². The average molecular weight is 195 g/mol. The molecule has 0 saturated heterocycles. The molecule has 0 spiro atoms. The third-order valence-electron chi connectivity index (χ3n) is 5.09. The standard InChI is InChI=1S/C13H25N/c1-5-14(4)9-10-6-7-11-8-12(10)13(11,2)3/h10-12H,5-9H2,1-4H3/t10-,11-,12?/m0/s1. The molecule has 0 aromatic heterocycles. The molecule has 0 aromatic rings. The molecule has 3 fully saturated rings. The van der Waals surface area contributed by atoms with Crippen molar-refractivity contribution in [1.29, 1.82) is 0 Å². The lowest BCUT2D eigenvalue weighted by Crippen LogP contribution is -2.54. The molecule has 3 aliphatic rings. The Balaban J connectivity index is 1.94. The largest absolute Gasteiger partial charge is 0.306 e. The first kappa shape index (κ1) is 10.5. The molecule has 1 heteroatoms. The van der Waals surface area contributed by atoms with E-state index < -0.39 is 0 Å². The molecule has 3 atom stereocenters. The summed E-state index contributed by atoms with van der Waals surface area (Å²) in [7, 11) is 2.26. The minimum Gasteiger partial charge on any atom is -0.306 e. The zero-order chi connectivity index (χ0) is 10.3. The SMILES string of the molecule is CCN(C)C[C@@H]1CC[C@H]2CC1C2(C)C. The molecule has 2 bridgehead atoms. The lowest BCUT2D eigenvalue weighted by molar-refractivity contribution is -0.110. The van der Waals surface area contributed by atoms with Crippen molar-refractivity contribution in [2.24, 2.45) is 23.2 Å². The Hall–Kier alpha value is -0.0400. The van der Waals surface area contributed by atoms with E-state index in [1.165, 1.54) is 32.4 Å². The zero-order valence-electron chi connectivity index (χ0n) is 10.2. The lowest BCUT2D eigenvalue weighted by atomic mass is 9.45. The third kappa shape index (κ3) is 1.50. The van der Waals surface area contributed by atoms with Gasteiger partial charge in [-0.25, -0.2) is 0 Å². The van der Waals surface area contributed by atoms with E-state index in [-0.39, 0.29) is 0 Å². The van der Waals surface area contributed by atoms with Crippen molar-refractivity contribution in [2.75, 3.05) is 20.1 Å². The summed E-state index contributed by atoms with van der Waals surface area (Å²) in [5.41, 5.74) is 0.664. The monoisotopic (exact) mass is 195 g/mol. The number of hydrogen-bond acceptors (Lipinski definition) is 1. The molecule has 82 valence electrons. The summed E-state index contributed by atoms with van der Waals surface area (Å²) in [4.78, 5) is 2.49. The van der Waals surface area contributed by atoms with Gasteiger partial charge in [-0.1, -0.05) is 20.8 Å². The molecule has 3 rings (SSSR count). The topological polar surface area (TPSA) is 3.24 Å². The maximum Gasteiger partial charge on any atom is 0.000935 e. The predicted octanol–water partition coefficient (Wildman–Crippen LogP) is 3.01. The van der Waals surface area contributed by atoms with Gasteiger partial charge in [0.1, 0.15) is 0 Å². The fraction of sp³-hybridized carbons (Fsp3) is 1.00. The Labute approximate surface area is 88.9 Å². The molecule has 0 radical (unpaired) electrons. The second kappa shape index (κ2) is 3.52. The summed E-state index contributed by atoms with van der Waals surface area (Å²) < 4.78 is 0. The molecule has 3 aliphatic carbocycles. The maximum atomic E-state index is 2.49. The highest BCUT2D eigenvalue weighted by Gasteiger charge is 2.53. The summed E-state index contributed by atoms with van der Waals surface area (Å²) in [6.45, 7) is 9.77. The summed E-state index contributed by atoms with van der Waals surface area (Å²) >= 11 is 0. The van der Waals surface area contributed by atoms with Gasteiger partial charge in [-0.05, 0) is 56.0 Å². The van der Waals surface area contributed by atoms with Crippen molar-refractivity contribution in [3.05, 3.63) is 0 Å². The van der Waals surface area contributed by atoms with Crippen LogP contribution in [-0.4, -0.2) is 25.0 Å². The summed E-state index contributed by atoms with van der Waals surface area (Å²) in [6.07, 6.45) is 4.50. The van der Waals surface area contributed by atoms with Crippen LogP contribution in [0.3, 0.4) is 0 Å². The Morgan fingerprint density at radius 3 is 2.50 bits per heavy atom. The van der Waals surface area contributed by atoms with E-state index in [1.807, 2.05) is 0 Å². The van der Waals surface area contributed by atoms with Crippen LogP contribution in [0.5, 0.6) is 0 Å².